The van der Waals surface area contributed by atoms with Gasteiger partial charge in [0, 0.05) is 31.7 Å². The first-order chi connectivity index (χ1) is 6.63. The van der Waals surface area contributed by atoms with Crippen molar-refractivity contribution in [1.82, 2.24) is 10.2 Å². The number of carbonyl (C=O) groups is 1. The van der Waals surface area contributed by atoms with Gasteiger partial charge in [0.15, 0.2) is 0 Å². The topological polar surface area (TPSA) is 41.6 Å². The fraction of sp³-hybridized carbons (Fsp3) is 0.900. The Morgan fingerprint density at radius 1 is 1.64 bits per heavy atom. The summed E-state index contributed by atoms with van der Waals surface area (Å²) < 4.78 is 4.65. The van der Waals surface area contributed by atoms with E-state index in [0.717, 1.165) is 19.6 Å². The highest BCUT2D eigenvalue weighted by Crippen LogP contribution is 2.07. The van der Waals surface area contributed by atoms with E-state index in [-0.39, 0.29) is 12.0 Å². The third-order valence-electron chi connectivity index (χ3n) is 2.66. The minimum atomic E-state index is -0.131. The van der Waals surface area contributed by atoms with Gasteiger partial charge in [0.1, 0.15) is 0 Å². The van der Waals surface area contributed by atoms with Gasteiger partial charge in [0.2, 0.25) is 0 Å². The molecule has 1 rings (SSSR count). The van der Waals surface area contributed by atoms with Gasteiger partial charge in [-0.1, -0.05) is 0 Å². The molecule has 4 nitrogen and oxygen atoms in total. The van der Waals surface area contributed by atoms with Crippen LogP contribution in [0.1, 0.15) is 20.3 Å². The minimum Gasteiger partial charge on any atom is -0.469 e. The van der Waals surface area contributed by atoms with E-state index in [2.05, 4.69) is 28.8 Å². The highest BCUT2D eigenvalue weighted by atomic mass is 16.5. The molecule has 0 spiro atoms. The molecule has 1 unspecified atom stereocenters. The molecule has 1 N–H and O–H groups in total. The van der Waals surface area contributed by atoms with E-state index in [9.17, 15) is 4.79 Å². The molecule has 4 heteroatoms. The average Bonchev–Trinajstić information content (AvgIpc) is 2.18. The van der Waals surface area contributed by atoms with Crippen molar-refractivity contribution in [1.29, 1.82) is 0 Å². The van der Waals surface area contributed by atoms with Crippen molar-refractivity contribution in [3.63, 3.8) is 0 Å². The van der Waals surface area contributed by atoms with Gasteiger partial charge in [-0.15, -0.1) is 0 Å². The molecule has 0 aromatic rings. The van der Waals surface area contributed by atoms with Crippen LogP contribution in [0.3, 0.4) is 0 Å². The van der Waals surface area contributed by atoms with Crippen LogP contribution in [-0.2, 0) is 9.53 Å². The highest BCUT2D eigenvalue weighted by Gasteiger charge is 2.23. The van der Waals surface area contributed by atoms with E-state index in [1.54, 1.807) is 0 Å². The summed E-state index contributed by atoms with van der Waals surface area (Å²) in [6.45, 7) is 7.32. The van der Waals surface area contributed by atoms with Crippen LogP contribution in [0.4, 0.5) is 0 Å². The Labute approximate surface area is 85.6 Å². The van der Waals surface area contributed by atoms with E-state index in [0.29, 0.717) is 12.5 Å². The largest absolute Gasteiger partial charge is 0.469 e. The number of ether oxygens (including phenoxy) is 1. The van der Waals surface area contributed by atoms with E-state index in [1.807, 2.05) is 0 Å². The predicted molar refractivity (Wildman–Crippen MR) is 55.1 cm³/mol. The number of hydrogen-bond acceptors (Lipinski definition) is 4. The molecule has 0 amide bonds. The molecular weight excluding hydrogens is 180 g/mol. The first-order valence-corrected chi connectivity index (χ1v) is 5.17. The SMILES string of the molecule is COC(=O)CC1CN(C(C)C)CCN1. The van der Waals surface area contributed by atoms with E-state index < -0.39 is 0 Å². The second-order valence-electron chi connectivity index (χ2n) is 4.02. The summed E-state index contributed by atoms with van der Waals surface area (Å²) in [4.78, 5) is 13.5. The monoisotopic (exact) mass is 200 g/mol. The van der Waals surface area contributed by atoms with Crippen molar-refractivity contribution in [2.75, 3.05) is 26.7 Å². The van der Waals surface area contributed by atoms with Crippen LogP contribution in [0.2, 0.25) is 0 Å². The van der Waals surface area contributed by atoms with Gasteiger partial charge in [-0.3, -0.25) is 9.69 Å². The second kappa shape index (κ2) is 5.32. The number of piperazine rings is 1. The molecule has 1 saturated heterocycles. The molecule has 1 aliphatic heterocycles. The fourth-order valence-corrected chi connectivity index (χ4v) is 1.74. The van der Waals surface area contributed by atoms with Crippen LogP contribution >= 0.6 is 0 Å². The van der Waals surface area contributed by atoms with Crippen LogP contribution in [0, 0.1) is 0 Å². The number of carbonyl (C=O) groups excluding carboxylic acids is 1. The number of nitrogens with one attached hydrogen (secondary N) is 1. The molecule has 0 radical (unpaired) electrons. The molecule has 0 bridgehead atoms. The van der Waals surface area contributed by atoms with Crippen LogP contribution in [0.25, 0.3) is 0 Å². The van der Waals surface area contributed by atoms with Crippen molar-refractivity contribution in [2.24, 2.45) is 0 Å². The molecule has 1 aliphatic rings. The van der Waals surface area contributed by atoms with Crippen LogP contribution in [0.15, 0.2) is 0 Å². The number of nitrogens with zero attached hydrogens (tertiary/aromatic N) is 1. The molecule has 0 saturated carbocycles. The third kappa shape index (κ3) is 3.27. The van der Waals surface area contributed by atoms with E-state index >= 15 is 0 Å². The van der Waals surface area contributed by atoms with E-state index in [1.165, 1.54) is 7.11 Å². The van der Waals surface area contributed by atoms with Crippen LogP contribution < -0.4 is 5.32 Å². The van der Waals surface area contributed by atoms with E-state index in [4.69, 9.17) is 0 Å². The van der Waals surface area contributed by atoms with Gasteiger partial charge in [0.05, 0.1) is 13.5 Å². The predicted octanol–water partition coefficient (Wildman–Crippen LogP) is 0.232. The van der Waals surface area contributed by atoms with Gasteiger partial charge < -0.3 is 10.1 Å². The quantitative estimate of drug-likeness (QED) is 0.662. The van der Waals surface area contributed by atoms with Crippen molar-refractivity contribution >= 4 is 5.97 Å². The molecule has 0 aromatic heterocycles. The molecular formula is C10H20N2O2. The Morgan fingerprint density at radius 3 is 2.93 bits per heavy atom. The number of esters is 1. The van der Waals surface area contributed by atoms with Gasteiger partial charge in [0.25, 0.3) is 0 Å². The number of methoxy groups -OCH3 is 1. The molecule has 0 aromatic carbocycles. The first-order valence-electron chi connectivity index (χ1n) is 5.17. The average molecular weight is 200 g/mol. The first kappa shape index (κ1) is 11.5. The Hall–Kier alpha value is -0.610. The molecule has 1 atom stereocenters. The summed E-state index contributed by atoms with van der Waals surface area (Å²) in [6, 6.07) is 0.802. The molecule has 82 valence electrons. The van der Waals surface area contributed by atoms with Gasteiger partial charge in [-0.2, -0.15) is 0 Å². The summed E-state index contributed by atoms with van der Waals surface area (Å²) in [6.07, 6.45) is 0.472. The number of hydrogen-bond donors (Lipinski definition) is 1. The molecule has 0 aliphatic carbocycles. The molecule has 1 fully saturated rings. The zero-order valence-corrected chi connectivity index (χ0v) is 9.25. The lowest BCUT2D eigenvalue weighted by molar-refractivity contribution is -0.141. The van der Waals surface area contributed by atoms with Crippen molar-refractivity contribution < 1.29 is 9.53 Å². The zero-order chi connectivity index (χ0) is 10.6. The smallest absolute Gasteiger partial charge is 0.307 e. The maximum Gasteiger partial charge on any atom is 0.307 e. The van der Waals surface area contributed by atoms with Crippen molar-refractivity contribution in [2.45, 2.75) is 32.4 Å². The summed E-state index contributed by atoms with van der Waals surface area (Å²) in [5, 5.41) is 3.33. The van der Waals surface area contributed by atoms with Crippen molar-refractivity contribution in [3.05, 3.63) is 0 Å². The Bertz CT molecular complexity index is 195. The summed E-state index contributed by atoms with van der Waals surface area (Å²) in [5.41, 5.74) is 0. The van der Waals surface area contributed by atoms with Crippen LogP contribution in [-0.4, -0.2) is 49.7 Å². The third-order valence-corrected chi connectivity index (χ3v) is 2.66. The molecule has 14 heavy (non-hydrogen) atoms. The highest BCUT2D eigenvalue weighted by molar-refractivity contribution is 5.69. The van der Waals surface area contributed by atoms with Gasteiger partial charge in [-0.25, -0.2) is 0 Å². The van der Waals surface area contributed by atoms with Crippen LogP contribution in [0.5, 0.6) is 0 Å². The summed E-state index contributed by atoms with van der Waals surface area (Å²) in [7, 11) is 1.44. The Kier molecular flexibility index (Phi) is 4.35. The normalized spacial score (nSPS) is 23.9. The summed E-state index contributed by atoms with van der Waals surface area (Å²) in [5.74, 6) is -0.131. The maximum absolute atomic E-state index is 11.1. The minimum absolute atomic E-state index is 0.131. The zero-order valence-electron chi connectivity index (χ0n) is 9.25. The number of rotatable bonds is 3. The standard InChI is InChI=1S/C10H20N2O2/c1-8(2)12-5-4-11-9(7-12)6-10(13)14-3/h8-9,11H,4-7H2,1-3H3. The maximum atomic E-state index is 11.1. The lowest BCUT2D eigenvalue weighted by Crippen LogP contribution is -2.53. The lowest BCUT2D eigenvalue weighted by atomic mass is 10.1. The van der Waals surface area contributed by atoms with Crippen molar-refractivity contribution in [3.8, 4) is 0 Å². The lowest BCUT2D eigenvalue weighted by Gasteiger charge is -2.35. The Balaban J connectivity index is 2.36. The van der Waals surface area contributed by atoms with Gasteiger partial charge >= 0.3 is 5.97 Å². The summed E-state index contributed by atoms with van der Waals surface area (Å²) >= 11 is 0. The fourth-order valence-electron chi connectivity index (χ4n) is 1.74. The van der Waals surface area contributed by atoms with Gasteiger partial charge in [-0.05, 0) is 13.8 Å². The second-order valence-corrected chi connectivity index (χ2v) is 4.02. The Morgan fingerprint density at radius 2 is 2.36 bits per heavy atom. The molecule has 1 heterocycles.